The maximum atomic E-state index is 12.0. The Bertz CT molecular complexity index is 499. The predicted molar refractivity (Wildman–Crippen MR) is 92.8 cm³/mol. The Morgan fingerprint density at radius 3 is 3.00 bits per heavy atom. The van der Waals surface area contributed by atoms with Gasteiger partial charge in [-0.05, 0) is 11.6 Å². The van der Waals surface area contributed by atoms with Gasteiger partial charge in [-0.15, -0.1) is 0 Å². The van der Waals surface area contributed by atoms with Crippen LogP contribution < -0.4 is 15.5 Å². The first-order chi connectivity index (χ1) is 11.3. The van der Waals surface area contributed by atoms with Crippen molar-refractivity contribution in [3.05, 3.63) is 23.9 Å². The first kappa shape index (κ1) is 16.5. The average molecular weight is 336 g/mol. The number of hydrogen-bond acceptors (Lipinski definition) is 6. The van der Waals surface area contributed by atoms with E-state index < -0.39 is 0 Å². The Kier molecular flexibility index (Phi) is 6.13. The van der Waals surface area contributed by atoms with E-state index in [0.29, 0.717) is 19.0 Å². The molecule has 0 aliphatic carbocycles. The lowest BCUT2D eigenvalue weighted by atomic mass is 10.2. The van der Waals surface area contributed by atoms with E-state index >= 15 is 0 Å². The lowest BCUT2D eigenvalue weighted by molar-refractivity contribution is -0.121. The Labute approximate surface area is 141 Å². The number of aromatic nitrogens is 1. The molecule has 7 heteroatoms. The van der Waals surface area contributed by atoms with E-state index in [-0.39, 0.29) is 5.91 Å². The number of carbonyl (C=O) groups excluding carboxylic acids is 1. The number of carbonyl (C=O) groups is 1. The molecule has 0 saturated carbocycles. The van der Waals surface area contributed by atoms with E-state index in [1.165, 1.54) is 0 Å². The molecule has 1 atom stereocenters. The minimum Gasteiger partial charge on any atom is -0.378 e. The zero-order valence-electron chi connectivity index (χ0n) is 13.3. The van der Waals surface area contributed by atoms with Gasteiger partial charge in [0.2, 0.25) is 5.91 Å². The van der Waals surface area contributed by atoms with Crippen LogP contribution in [0.4, 0.5) is 5.82 Å². The molecule has 2 aliphatic heterocycles. The number of nitrogens with one attached hydrogen (secondary N) is 2. The Morgan fingerprint density at radius 1 is 1.43 bits per heavy atom. The standard InChI is InChI=1S/C16H24N4O2S/c21-16(9-14-12-23-8-3-17-14)19-11-13-1-2-15(18-10-13)20-4-6-22-7-5-20/h1-2,10,14,17H,3-9,11-12H2,(H,19,21). The smallest absolute Gasteiger partial charge is 0.221 e. The fraction of sp³-hybridized carbons (Fsp3) is 0.625. The van der Waals surface area contributed by atoms with Gasteiger partial charge in [0.25, 0.3) is 0 Å². The number of rotatable bonds is 5. The van der Waals surface area contributed by atoms with Crippen molar-refractivity contribution in [2.75, 3.05) is 49.3 Å². The van der Waals surface area contributed by atoms with Crippen LogP contribution in [0, 0.1) is 0 Å². The summed E-state index contributed by atoms with van der Waals surface area (Å²) in [6.45, 7) is 4.82. The second-order valence-corrected chi connectivity index (χ2v) is 6.98. The minimum atomic E-state index is 0.0993. The third kappa shape index (κ3) is 5.09. The van der Waals surface area contributed by atoms with Crippen LogP contribution in [0.5, 0.6) is 0 Å². The molecule has 0 aromatic carbocycles. The highest BCUT2D eigenvalue weighted by molar-refractivity contribution is 7.99. The van der Waals surface area contributed by atoms with E-state index in [4.69, 9.17) is 4.74 Å². The minimum absolute atomic E-state index is 0.0993. The summed E-state index contributed by atoms with van der Waals surface area (Å²) in [6, 6.07) is 4.36. The molecule has 1 amide bonds. The number of anilines is 1. The molecular weight excluding hydrogens is 312 g/mol. The molecule has 0 spiro atoms. The van der Waals surface area contributed by atoms with Crippen molar-refractivity contribution in [1.29, 1.82) is 0 Å². The van der Waals surface area contributed by atoms with Crippen LogP contribution >= 0.6 is 11.8 Å². The second kappa shape index (κ2) is 8.52. The lowest BCUT2D eigenvalue weighted by Gasteiger charge is -2.27. The van der Waals surface area contributed by atoms with E-state index in [2.05, 4.69) is 20.5 Å². The van der Waals surface area contributed by atoms with Gasteiger partial charge >= 0.3 is 0 Å². The molecule has 2 saturated heterocycles. The predicted octanol–water partition coefficient (Wildman–Crippen LogP) is 0.630. The summed E-state index contributed by atoms with van der Waals surface area (Å²) in [5.74, 6) is 3.23. The van der Waals surface area contributed by atoms with Crippen LogP contribution in [-0.2, 0) is 16.1 Å². The van der Waals surface area contributed by atoms with Gasteiger partial charge in [-0.2, -0.15) is 11.8 Å². The molecule has 1 aromatic rings. The van der Waals surface area contributed by atoms with Gasteiger partial charge in [0.15, 0.2) is 0 Å². The summed E-state index contributed by atoms with van der Waals surface area (Å²) in [5.41, 5.74) is 1.03. The van der Waals surface area contributed by atoms with Crippen molar-refractivity contribution in [1.82, 2.24) is 15.6 Å². The van der Waals surface area contributed by atoms with Gasteiger partial charge in [-0.1, -0.05) is 6.07 Å². The summed E-state index contributed by atoms with van der Waals surface area (Å²) >= 11 is 1.91. The second-order valence-electron chi connectivity index (χ2n) is 5.83. The first-order valence-electron chi connectivity index (χ1n) is 8.17. The highest BCUT2D eigenvalue weighted by Gasteiger charge is 2.16. The van der Waals surface area contributed by atoms with Crippen LogP contribution in [0.2, 0.25) is 0 Å². The van der Waals surface area contributed by atoms with Gasteiger partial charge in [0.1, 0.15) is 5.82 Å². The average Bonchev–Trinajstić information content (AvgIpc) is 2.62. The number of nitrogens with zero attached hydrogens (tertiary/aromatic N) is 2. The van der Waals surface area contributed by atoms with Crippen molar-refractivity contribution in [2.45, 2.75) is 19.0 Å². The molecular formula is C16H24N4O2S. The SMILES string of the molecule is O=C(CC1CSCCN1)NCc1ccc(N2CCOCC2)nc1. The van der Waals surface area contributed by atoms with Gasteiger partial charge in [0.05, 0.1) is 13.2 Å². The summed E-state index contributed by atoms with van der Waals surface area (Å²) in [5, 5.41) is 6.37. The molecule has 1 aromatic heterocycles. The van der Waals surface area contributed by atoms with Crippen LogP contribution in [0.3, 0.4) is 0 Å². The largest absolute Gasteiger partial charge is 0.378 e. The van der Waals surface area contributed by atoms with Crippen molar-refractivity contribution in [2.24, 2.45) is 0 Å². The third-order valence-corrected chi connectivity index (χ3v) is 5.19. The van der Waals surface area contributed by atoms with Crippen LogP contribution in [0.1, 0.15) is 12.0 Å². The van der Waals surface area contributed by atoms with Crippen molar-refractivity contribution >= 4 is 23.5 Å². The highest BCUT2D eigenvalue weighted by Crippen LogP contribution is 2.13. The Balaban J connectivity index is 1.43. The summed E-state index contributed by atoms with van der Waals surface area (Å²) in [7, 11) is 0. The number of ether oxygens (including phenoxy) is 1. The summed E-state index contributed by atoms with van der Waals surface area (Å²) < 4.78 is 5.35. The lowest BCUT2D eigenvalue weighted by Crippen LogP contribution is -2.41. The number of pyridine rings is 1. The molecule has 0 radical (unpaired) electrons. The zero-order valence-corrected chi connectivity index (χ0v) is 14.1. The van der Waals surface area contributed by atoms with Crippen LogP contribution in [0.15, 0.2) is 18.3 Å². The van der Waals surface area contributed by atoms with E-state index in [0.717, 1.165) is 55.7 Å². The summed E-state index contributed by atoms with van der Waals surface area (Å²) in [6.07, 6.45) is 2.39. The van der Waals surface area contributed by atoms with Crippen LogP contribution in [-0.4, -0.2) is 61.3 Å². The monoisotopic (exact) mass is 336 g/mol. The molecule has 0 bridgehead atoms. The van der Waals surface area contributed by atoms with Gasteiger partial charge in [-0.3, -0.25) is 4.79 Å². The topological polar surface area (TPSA) is 66.5 Å². The van der Waals surface area contributed by atoms with Crippen molar-refractivity contribution < 1.29 is 9.53 Å². The first-order valence-corrected chi connectivity index (χ1v) is 9.32. The van der Waals surface area contributed by atoms with E-state index in [1.54, 1.807) is 0 Å². The fourth-order valence-corrected chi connectivity index (χ4v) is 3.70. The maximum Gasteiger partial charge on any atom is 0.221 e. The number of hydrogen-bond donors (Lipinski definition) is 2. The summed E-state index contributed by atoms with van der Waals surface area (Å²) in [4.78, 5) is 18.7. The molecule has 1 unspecified atom stereocenters. The molecule has 3 heterocycles. The quantitative estimate of drug-likeness (QED) is 0.822. The van der Waals surface area contributed by atoms with Crippen molar-refractivity contribution in [3.63, 3.8) is 0 Å². The van der Waals surface area contributed by atoms with Crippen molar-refractivity contribution in [3.8, 4) is 0 Å². The van der Waals surface area contributed by atoms with E-state index in [9.17, 15) is 4.79 Å². The Morgan fingerprint density at radius 2 is 2.30 bits per heavy atom. The molecule has 126 valence electrons. The maximum absolute atomic E-state index is 12.0. The molecule has 2 aliphatic rings. The van der Waals surface area contributed by atoms with Gasteiger partial charge < -0.3 is 20.3 Å². The number of amides is 1. The number of thioether (sulfide) groups is 1. The third-order valence-electron chi connectivity index (χ3n) is 4.06. The zero-order chi connectivity index (χ0) is 15.9. The molecule has 23 heavy (non-hydrogen) atoms. The van der Waals surface area contributed by atoms with Gasteiger partial charge in [-0.25, -0.2) is 4.98 Å². The molecule has 3 rings (SSSR count). The molecule has 2 N–H and O–H groups in total. The van der Waals surface area contributed by atoms with E-state index in [1.807, 2.05) is 30.1 Å². The normalized spacial score (nSPS) is 21.9. The van der Waals surface area contributed by atoms with Gasteiger partial charge in [0, 0.05) is 56.3 Å². The molecule has 2 fully saturated rings. The highest BCUT2D eigenvalue weighted by atomic mass is 32.2. The van der Waals surface area contributed by atoms with Crippen LogP contribution in [0.25, 0.3) is 0 Å². The molecule has 6 nitrogen and oxygen atoms in total. The number of morpholine rings is 1. The fourth-order valence-electron chi connectivity index (χ4n) is 2.75. The Hall–Kier alpha value is -1.31.